The molecular formula is C20H25FN4O3. The maximum Gasteiger partial charge on any atom is 0.341 e. The highest BCUT2D eigenvalue weighted by Crippen LogP contribution is 2.37. The van der Waals surface area contributed by atoms with E-state index in [4.69, 9.17) is 5.73 Å². The van der Waals surface area contributed by atoms with E-state index >= 15 is 0 Å². The zero-order chi connectivity index (χ0) is 20.2. The lowest BCUT2D eigenvalue weighted by atomic mass is 9.81. The van der Waals surface area contributed by atoms with Crippen LogP contribution in [-0.4, -0.2) is 39.8 Å². The summed E-state index contributed by atoms with van der Waals surface area (Å²) in [7, 11) is 0. The minimum Gasteiger partial charge on any atom is -0.477 e. The van der Waals surface area contributed by atoms with Gasteiger partial charge in [-0.15, -0.1) is 0 Å². The van der Waals surface area contributed by atoms with Crippen LogP contribution < -0.4 is 16.1 Å². The summed E-state index contributed by atoms with van der Waals surface area (Å²) in [6.45, 7) is 5.36. The molecule has 0 amide bonds. The van der Waals surface area contributed by atoms with Crippen LogP contribution >= 0.6 is 0 Å². The number of nitrogens with two attached hydrogens (primary N) is 1. The van der Waals surface area contributed by atoms with E-state index in [-0.39, 0.29) is 28.9 Å². The van der Waals surface area contributed by atoms with Gasteiger partial charge in [0, 0.05) is 31.4 Å². The van der Waals surface area contributed by atoms with Gasteiger partial charge in [0.15, 0.2) is 11.6 Å². The van der Waals surface area contributed by atoms with Crippen LogP contribution in [-0.2, 0) is 0 Å². The number of halogens is 1. The average Bonchev–Trinajstić information content (AvgIpc) is 3.46. The standard InChI is InChI=1S/C20H25FN4O3/c1-3-12-10(2)7-24(9-16(12)22)19-15(21)6-13-17(26)14(20(27)28)8-25(11-4-5-11)18(13)23-19/h6,8,10-12,16H,3-5,7,9,22H2,1-2H3,(H,27,28)/t10-,12-,16-/m1/s1. The van der Waals surface area contributed by atoms with Gasteiger partial charge in [0.25, 0.3) is 0 Å². The van der Waals surface area contributed by atoms with Crippen molar-refractivity contribution in [3.63, 3.8) is 0 Å². The van der Waals surface area contributed by atoms with Crippen LogP contribution in [0.1, 0.15) is 49.5 Å². The fourth-order valence-electron chi connectivity index (χ4n) is 4.49. The van der Waals surface area contributed by atoms with Crippen molar-refractivity contribution in [2.45, 2.75) is 45.2 Å². The lowest BCUT2D eigenvalue weighted by molar-refractivity contribution is 0.0695. The van der Waals surface area contributed by atoms with Gasteiger partial charge in [0.1, 0.15) is 11.2 Å². The number of pyridine rings is 2. The molecule has 28 heavy (non-hydrogen) atoms. The van der Waals surface area contributed by atoms with Crippen molar-refractivity contribution in [2.24, 2.45) is 17.6 Å². The van der Waals surface area contributed by atoms with Crippen molar-refractivity contribution >= 4 is 22.8 Å². The van der Waals surface area contributed by atoms with Gasteiger partial charge in [-0.25, -0.2) is 14.2 Å². The third-order valence-corrected chi connectivity index (χ3v) is 6.10. The van der Waals surface area contributed by atoms with Crippen molar-refractivity contribution in [1.29, 1.82) is 0 Å². The molecule has 1 aliphatic heterocycles. The summed E-state index contributed by atoms with van der Waals surface area (Å²) in [5, 5.41) is 9.34. The van der Waals surface area contributed by atoms with Gasteiger partial charge in [-0.05, 0) is 30.7 Å². The number of carboxylic acids is 1. The second kappa shape index (κ2) is 6.84. The Hall–Kier alpha value is -2.48. The van der Waals surface area contributed by atoms with Crippen LogP contribution in [0.4, 0.5) is 10.2 Å². The first-order chi connectivity index (χ1) is 13.3. The first-order valence-corrected chi connectivity index (χ1v) is 9.81. The molecule has 2 aromatic heterocycles. The fraction of sp³-hybridized carbons (Fsp3) is 0.550. The number of aromatic carboxylic acids is 1. The number of aromatic nitrogens is 2. The lowest BCUT2D eigenvalue weighted by Gasteiger charge is -2.41. The van der Waals surface area contributed by atoms with E-state index in [1.807, 2.05) is 4.90 Å². The number of hydrogen-bond donors (Lipinski definition) is 2. The van der Waals surface area contributed by atoms with Crippen LogP contribution in [0.3, 0.4) is 0 Å². The summed E-state index contributed by atoms with van der Waals surface area (Å²) in [6, 6.07) is 1.15. The summed E-state index contributed by atoms with van der Waals surface area (Å²) in [5.41, 5.74) is 5.61. The van der Waals surface area contributed by atoms with Gasteiger partial charge in [-0.1, -0.05) is 20.3 Å². The van der Waals surface area contributed by atoms with Gasteiger partial charge in [-0.3, -0.25) is 4.79 Å². The second-order valence-corrected chi connectivity index (χ2v) is 8.10. The maximum atomic E-state index is 15.0. The molecule has 7 nitrogen and oxygen atoms in total. The Morgan fingerprint density at radius 1 is 1.39 bits per heavy atom. The molecule has 1 aliphatic carbocycles. The summed E-state index contributed by atoms with van der Waals surface area (Å²) in [5.74, 6) is -1.08. The highest BCUT2D eigenvalue weighted by atomic mass is 19.1. The summed E-state index contributed by atoms with van der Waals surface area (Å²) in [4.78, 5) is 30.4. The van der Waals surface area contributed by atoms with Crippen molar-refractivity contribution in [3.05, 3.63) is 33.9 Å². The number of rotatable bonds is 4. The monoisotopic (exact) mass is 388 g/mol. The molecule has 150 valence electrons. The van der Waals surface area contributed by atoms with Gasteiger partial charge >= 0.3 is 5.97 Å². The third kappa shape index (κ3) is 3.05. The predicted octanol–water partition coefficient (Wildman–Crippen LogP) is 2.38. The van der Waals surface area contributed by atoms with Crippen LogP contribution in [0.25, 0.3) is 11.0 Å². The van der Waals surface area contributed by atoms with E-state index in [0.717, 1.165) is 25.3 Å². The highest BCUT2D eigenvalue weighted by Gasteiger charge is 2.34. The van der Waals surface area contributed by atoms with Gasteiger partial charge in [0.05, 0.1) is 5.39 Å². The Bertz CT molecular complexity index is 989. The van der Waals surface area contributed by atoms with E-state index in [1.165, 1.54) is 6.20 Å². The predicted molar refractivity (Wildman–Crippen MR) is 104 cm³/mol. The van der Waals surface area contributed by atoms with Crippen molar-refractivity contribution in [1.82, 2.24) is 9.55 Å². The number of nitrogens with zero attached hydrogens (tertiary/aromatic N) is 3. The lowest BCUT2D eigenvalue weighted by Crippen LogP contribution is -2.53. The van der Waals surface area contributed by atoms with Crippen LogP contribution in [0.2, 0.25) is 0 Å². The van der Waals surface area contributed by atoms with E-state index in [9.17, 15) is 19.1 Å². The molecule has 3 heterocycles. The summed E-state index contributed by atoms with van der Waals surface area (Å²) < 4.78 is 16.7. The fourth-order valence-corrected chi connectivity index (χ4v) is 4.49. The topological polar surface area (TPSA) is 101 Å². The Labute approximate surface area is 162 Å². The molecule has 0 unspecified atom stereocenters. The molecule has 0 aromatic carbocycles. The molecule has 0 bridgehead atoms. The third-order valence-electron chi connectivity index (χ3n) is 6.10. The van der Waals surface area contributed by atoms with E-state index < -0.39 is 17.2 Å². The van der Waals surface area contributed by atoms with E-state index in [1.54, 1.807) is 4.57 Å². The molecule has 2 fully saturated rings. The molecule has 4 rings (SSSR count). The minimum absolute atomic E-state index is 0.00819. The number of carbonyl (C=O) groups is 1. The normalized spacial score (nSPS) is 25.3. The average molecular weight is 388 g/mol. The largest absolute Gasteiger partial charge is 0.477 e. The Kier molecular flexibility index (Phi) is 4.61. The van der Waals surface area contributed by atoms with Crippen LogP contribution in [0.5, 0.6) is 0 Å². The number of carboxylic acid groups (broad SMARTS) is 1. The van der Waals surface area contributed by atoms with Gasteiger partial charge in [-0.2, -0.15) is 0 Å². The molecule has 3 N–H and O–H groups in total. The Balaban J connectivity index is 1.84. The molecule has 3 atom stereocenters. The highest BCUT2D eigenvalue weighted by molar-refractivity contribution is 5.92. The van der Waals surface area contributed by atoms with Gasteiger partial charge < -0.3 is 20.3 Å². The summed E-state index contributed by atoms with van der Waals surface area (Å²) in [6.07, 6.45) is 4.09. The zero-order valence-corrected chi connectivity index (χ0v) is 16.1. The van der Waals surface area contributed by atoms with Crippen LogP contribution in [0.15, 0.2) is 17.1 Å². The molecule has 1 saturated heterocycles. The summed E-state index contributed by atoms with van der Waals surface area (Å²) >= 11 is 0. The van der Waals surface area contributed by atoms with E-state index in [2.05, 4.69) is 18.8 Å². The van der Waals surface area contributed by atoms with Crippen molar-refractivity contribution < 1.29 is 14.3 Å². The number of piperidine rings is 1. The molecule has 0 radical (unpaired) electrons. The molecule has 1 saturated carbocycles. The molecule has 0 spiro atoms. The van der Waals surface area contributed by atoms with Crippen molar-refractivity contribution in [2.75, 3.05) is 18.0 Å². The SMILES string of the molecule is CC[C@@H]1[C@H](C)CN(c2nc3c(cc2F)c(=O)c(C(=O)O)cn3C2CC2)C[C@H]1N. The van der Waals surface area contributed by atoms with Crippen molar-refractivity contribution in [3.8, 4) is 0 Å². The second-order valence-electron chi connectivity index (χ2n) is 8.10. The molecule has 2 aromatic rings. The zero-order valence-electron chi connectivity index (χ0n) is 16.1. The first kappa shape index (κ1) is 18.9. The quantitative estimate of drug-likeness (QED) is 0.834. The Morgan fingerprint density at radius 3 is 2.68 bits per heavy atom. The molecule has 8 heteroatoms. The first-order valence-electron chi connectivity index (χ1n) is 9.81. The maximum absolute atomic E-state index is 15.0. The minimum atomic E-state index is -1.31. The van der Waals surface area contributed by atoms with E-state index in [0.29, 0.717) is 30.6 Å². The number of fused-ring (bicyclic) bond motifs is 1. The van der Waals surface area contributed by atoms with Gasteiger partial charge in [0.2, 0.25) is 5.43 Å². The number of hydrogen-bond acceptors (Lipinski definition) is 5. The molecule has 2 aliphatic rings. The number of anilines is 1. The smallest absolute Gasteiger partial charge is 0.341 e. The molecular weight excluding hydrogens is 363 g/mol. The van der Waals surface area contributed by atoms with Crippen LogP contribution in [0, 0.1) is 17.7 Å². The Morgan fingerprint density at radius 2 is 2.11 bits per heavy atom.